The van der Waals surface area contributed by atoms with Crippen molar-refractivity contribution in [3.8, 4) is 0 Å². The van der Waals surface area contributed by atoms with Crippen LogP contribution in [0.5, 0.6) is 0 Å². The van der Waals surface area contributed by atoms with Gasteiger partial charge >= 0.3 is 0 Å². The molecular weight excluding hydrogens is 286 g/mol. The number of rotatable bonds is 5. The highest BCUT2D eigenvalue weighted by molar-refractivity contribution is 5.80. The zero-order chi connectivity index (χ0) is 15.9. The summed E-state index contributed by atoms with van der Waals surface area (Å²) in [6, 6.07) is 20.3. The van der Waals surface area contributed by atoms with E-state index in [-0.39, 0.29) is 0 Å². The maximum Gasteiger partial charge on any atom is 0.191 e. The largest absolute Gasteiger partial charge is 0.459 e. The lowest BCUT2D eigenvalue weighted by atomic mass is 10.2. The molecule has 0 bridgehead atoms. The van der Waals surface area contributed by atoms with E-state index in [4.69, 9.17) is 4.42 Å². The molecule has 0 amide bonds. The summed E-state index contributed by atoms with van der Waals surface area (Å²) < 4.78 is 5.81. The third-order valence-electron chi connectivity index (χ3n) is 3.51. The van der Waals surface area contributed by atoms with Crippen molar-refractivity contribution in [2.75, 3.05) is 6.54 Å². The van der Waals surface area contributed by atoms with Crippen LogP contribution in [0.1, 0.15) is 18.2 Å². The van der Waals surface area contributed by atoms with E-state index in [0.717, 1.165) is 29.2 Å². The van der Waals surface area contributed by atoms with Gasteiger partial charge in [-0.25, -0.2) is 4.99 Å². The quantitative estimate of drug-likeness (QED) is 0.558. The van der Waals surface area contributed by atoms with Crippen LogP contribution in [0.15, 0.2) is 70.1 Å². The molecular formula is C19H21N3O. The Hall–Kier alpha value is -2.75. The summed E-state index contributed by atoms with van der Waals surface area (Å²) in [5.74, 6) is 1.69. The van der Waals surface area contributed by atoms with E-state index in [1.807, 2.05) is 36.4 Å². The zero-order valence-electron chi connectivity index (χ0n) is 13.3. The first-order valence-corrected chi connectivity index (χ1v) is 7.88. The van der Waals surface area contributed by atoms with E-state index in [9.17, 15) is 0 Å². The Labute approximate surface area is 136 Å². The van der Waals surface area contributed by atoms with E-state index in [1.165, 1.54) is 5.56 Å². The van der Waals surface area contributed by atoms with Gasteiger partial charge in [0.05, 0.1) is 13.1 Å². The van der Waals surface area contributed by atoms with Gasteiger partial charge in [0, 0.05) is 11.9 Å². The molecule has 3 aromatic rings. The predicted molar refractivity (Wildman–Crippen MR) is 94.3 cm³/mol. The number of benzene rings is 2. The van der Waals surface area contributed by atoms with E-state index in [2.05, 4.69) is 46.8 Å². The van der Waals surface area contributed by atoms with Gasteiger partial charge in [0.25, 0.3) is 0 Å². The fraction of sp³-hybridized carbons (Fsp3) is 0.211. The van der Waals surface area contributed by atoms with E-state index in [0.29, 0.717) is 13.1 Å². The SMILES string of the molecule is CCNC(=NCc1ccccc1)NCc1cc2ccccc2o1. The number of aliphatic imine (C=N–C) groups is 1. The number of hydrogen-bond acceptors (Lipinski definition) is 2. The fourth-order valence-corrected chi connectivity index (χ4v) is 2.39. The van der Waals surface area contributed by atoms with Crippen LogP contribution in [-0.2, 0) is 13.1 Å². The first-order valence-electron chi connectivity index (χ1n) is 7.88. The third-order valence-corrected chi connectivity index (χ3v) is 3.51. The number of para-hydroxylation sites is 1. The van der Waals surface area contributed by atoms with Crippen molar-refractivity contribution in [3.05, 3.63) is 72.0 Å². The Kier molecular flexibility index (Phi) is 4.94. The van der Waals surface area contributed by atoms with Crippen LogP contribution in [0.3, 0.4) is 0 Å². The Morgan fingerprint density at radius 3 is 2.57 bits per heavy atom. The number of guanidine groups is 1. The van der Waals surface area contributed by atoms with Crippen LogP contribution < -0.4 is 10.6 Å². The standard InChI is InChI=1S/C19H21N3O/c1-2-20-19(21-13-15-8-4-3-5-9-15)22-14-17-12-16-10-6-7-11-18(16)23-17/h3-12H,2,13-14H2,1H3,(H2,20,21,22). The molecule has 0 spiro atoms. The first-order chi connectivity index (χ1) is 11.3. The van der Waals surface area contributed by atoms with Crippen molar-refractivity contribution in [2.24, 2.45) is 4.99 Å². The molecule has 1 aromatic heterocycles. The molecule has 4 heteroatoms. The third kappa shape index (κ3) is 4.13. The highest BCUT2D eigenvalue weighted by atomic mass is 16.3. The Bertz CT molecular complexity index is 744. The molecule has 3 rings (SSSR count). The smallest absolute Gasteiger partial charge is 0.191 e. The molecule has 4 nitrogen and oxygen atoms in total. The molecule has 0 saturated carbocycles. The highest BCUT2D eigenvalue weighted by Crippen LogP contribution is 2.18. The van der Waals surface area contributed by atoms with E-state index in [1.54, 1.807) is 0 Å². The summed E-state index contributed by atoms with van der Waals surface area (Å²) in [5, 5.41) is 7.69. The summed E-state index contributed by atoms with van der Waals surface area (Å²) in [5.41, 5.74) is 2.10. The second-order valence-electron chi connectivity index (χ2n) is 5.28. The monoisotopic (exact) mass is 307 g/mol. The van der Waals surface area contributed by atoms with Gasteiger partial charge in [0.2, 0.25) is 0 Å². The molecule has 0 fully saturated rings. The summed E-state index contributed by atoms with van der Waals surface area (Å²) in [6.45, 7) is 4.13. The molecule has 2 aromatic carbocycles. The van der Waals surface area contributed by atoms with Crippen molar-refractivity contribution in [1.82, 2.24) is 10.6 Å². The minimum absolute atomic E-state index is 0.606. The number of fused-ring (bicyclic) bond motifs is 1. The van der Waals surface area contributed by atoms with Gasteiger partial charge in [-0.1, -0.05) is 48.5 Å². The minimum Gasteiger partial charge on any atom is -0.459 e. The second-order valence-corrected chi connectivity index (χ2v) is 5.28. The maximum atomic E-state index is 5.81. The Balaban J connectivity index is 1.64. The molecule has 0 unspecified atom stereocenters. The summed E-state index contributed by atoms with van der Waals surface area (Å²) >= 11 is 0. The molecule has 1 heterocycles. The second kappa shape index (κ2) is 7.49. The number of nitrogens with zero attached hydrogens (tertiary/aromatic N) is 1. The molecule has 0 atom stereocenters. The van der Waals surface area contributed by atoms with Gasteiger partial charge in [-0.05, 0) is 24.6 Å². The van der Waals surface area contributed by atoms with Gasteiger partial charge in [-0.15, -0.1) is 0 Å². The first kappa shape index (κ1) is 15.2. The lowest BCUT2D eigenvalue weighted by Gasteiger charge is -2.10. The van der Waals surface area contributed by atoms with Crippen molar-refractivity contribution in [3.63, 3.8) is 0 Å². The molecule has 118 valence electrons. The lowest BCUT2D eigenvalue weighted by Crippen LogP contribution is -2.36. The molecule has 23 heavy (non-hydrogen) atoms. The lowest BCUT2D eigenvalue weighted by molar-refractivity contribution is 0.538. The molecule has 0 aliphatic heterocycles. The molecule has 0 saturated heterocycles. The normalized spacial score (nSPS) is 11.6. The topological polar surface area (TPSA) is 49.6 Å². The number of hydrogen-bond donors (Lipinski definition) is 2. The van der Waals surface area contributed by atoms with Gasteiger partial charge in [0.1, 0.15) is 11.3 Å². The minimum atomic E-state index is 0.606. The van der Waals surface area contributed by atoms with Crippen LogP contribution in [0.2, 0.25) is 0 Å². The highest BCUT2D eigenvalue weighted by Gasteiger charge is 2.04. The Morgan fingerprint density at radius 2 is 1.78 bits per heavy atom. The summed E-state index contributed by atoms with van der Waals surface area (Å²) in [7, 11) is 0. The van der Waals surface area contributed by atoms with Crippen molar-refractivity contribution < 1.29 is 4.42 Å². The average Bonchev–Trinajstić information content (AvgIpc) is 3.01. The van der Waals surface area contributed by atoms with Gasteiger partial charge in [0.15, 0.2) is 5.96 Å². The van der Waals surface area contributed by atoms with Gasteiger partial charge in [-0.2, -0.15) is 0 Å². The average molecular weight is 307 g/mol. The number of nitrogens with one attached hydrogen (secondary N) is 2. The van der Waals surface area contributed by atoms with E-state index < -0.39 is 0 Å². The Morgan fingerprint density at radius 1 is 1.00 bits per heavy atom. The maximum absolute atomic E-state index is 5.81. The van der Waals surface area contributed by atoms with Crippen LogP contribution in [0.4, 0.5) is 0 Å². The van der Waals surface area contributed by atoms with Crippen molar-refractivity contribution in [2.45, 2.75) is 20.0 Å². The number of furan rings is 1. The molecule has 0 radical (unpaired) electrons. The predicted octanol–water partition coefficient (Wildman–Crippen LogP) is 3.69. The van der Waals surface area contributed by atoms with E-state index >= 15 is 0 Å². The van der Waals surface area contributed by atoms with Crippen LogP contribution in [0, 0.1) is 0 Å². The summed E-state index contributed by atoms with van der Waals surface area (Å²) in [6.07, 6.45) is 0. The molecule has 0 aliphatic carbocycles. The van der Waals surface area contributed by atoms with Crippen molar-refractivity contribution >= 4 is 16.9 Å². The van der Waals surface area contributed by atoms with Crippen molar-refractivity contribution in [1.29, 1.82) is 0 Å². The fourth-order valence-electron chi connectivity index (χ4n) is 2.39. The zero-order valence-corrected chi connectivity index (χ0v) is 13.3. The molecule has 0 aliphatic rings. The van der Waals surface area contributed by atoms with Gasteiger partial charge in [-0.3, -0.25) is 0 Å². The van der Waals surface area contributed by atoms with Crippen LogP contribution in [-0.4, -0.2) is 12.5 Å². The van der Waals surface area contributed by atoms with Gasteiger partial charge < -0.3 is 15.1 Å². The summed E-state index contributed by atoms with van der Waals surface area (Å²) in [4.78, 5) is 4.61. The van der Waals surface area contributed by atoms with Crippen LogP contribution in [0.25, 0.3) is 11.0 Å². The van der Waals surface area contributed by atoms with Crippen LogP contribution >= 0.6 is 0 Å². The molecule has 2 N–H and O–H groups in total.